The zero-order chi connectivity index (χ0) is 11.5. The maximum absolute atomic E-state index is 13.4. The minimum atomic E-state index is -0.785. The van der Waals surface area contributed by atoms with Crippen molar-refractivity contribution < 1.29 is 34.0 Å². The summed E-state index contributed by atoms with van der Waals surface area (Å²) >= 11 is -0.413. The first-order chi connectivity index (χ1) is 7.70. The predicted molar refractivity (Wildman–Crippen MR) is 51.2 cm³/mol. The fourth-order valence-corrected chi connectivity index (χ4v) is 3.23. The van der Waals surface area contributed by atoms with Gasteiger partial charge < -0.3 is 0 Å². The van der Waals surface area contributed by atoms with Crippen LogP contribution in [0, 0.1) is 15.9 Å². The number of nitrogens with zero attached hydrogens (tertiary/aromatic N) is 2. The van der Waals surface area contributed by atoms with E-state index in [4.69, 9.17) is 3.07 Å². The van der Waals surface area contributed by atoms with Crippen LogP contribution < -0.4 is 26.5 Å². The van der Waals surface area contributed by atoms with E-state index in [1.54, 1.807) is 6.07 Å². The normalized spacial score (nSPS) is 16.7. The van der Waals surface area contributed by atoms with Crippen molar-refractivity contribution in [2.75, 3.05) is 22.6 Å². The molecule has 5 nitrogen and oxygen atoms in total. The first-order valence-corrected chi connectivity index (χ1v) is 6.99. The van der Waals surface area contributed by atoms with Crippen LogP contribution >= 0.6 is 0 Å². The number of anilines is 1. The van der Waals surface area contributed by atoms with Crippen molar-refractivity contribution >= 4 is 11.4 Å². The number of hydrogen-bond acceptors (Lipinski definition) is 4. The van der Waals surface area contributed by atoms with E-state index in [1.165, 1.54) is 6.07 Å². The Bertz CT molecular complexity index is 410. The molecule has 0 radical (unpaired) electrons. The molecule has 1 heterocycles. The van der Waals surface area contributed by atoms with Crippen molar-refractivity contribution in [2.24, 2.45) is 0 Å². The molecule has 0 spiro atoms. The molecule has 0 bridgehead atoms. The van der Waals surface area contributed by atoms with E-state index < -0.39 is 38.0 Å². The average Bonchev–Trinajstić information content (AvgIpc) is 2.29. The van der Waals surface area contributed by atoms with Gasteiger partial charge in [-0.15, -0.1) is 0 Å². The molecule has 0 atom stereocenters. The number of nitro groups is 1. The summed E-state index contributed by atoms with van der Waals surface area (Å²) in [7, 11) is 0. The SMILES string of the molecule is O=[N+]([O-])c1c(F)cccc1N1CCO[I-]C1. The van der Waals surface area contributed by atoms with Crippen molar-refractivity contribution in [2.45, 2.75) is 0 Å². The second-order valence-corrected chi connectivity index (χ2v) is 5.10. The number of hydrogen-bond donors (Lipinski definition) is 0. The quantitative estimate of drug-likeness (QED) is 0.217. The fraction of sp³-hybridized carbons (Fsp3) is 0.333. The number of benzene rings is 1. The second kappa shape index (κ2) is 4.91. The molecule has 16 heavy (non-hydrogen) atoms. The molecule has 2 rings (SSSR count). The zero-order valence-corrected chi connectivity index (χ0v) is 10.4. The Balaban J connectivity index is 2.38. The van der Waals surface area contributed by atoms with Crippen LogP contribution in [0.3, 0.4) is 0 Å². The van der Waals surface area contributed by atoms with Crippen LogP contribution in [0.15, 0.2) is 18.2 Å². The first kappa shape index (κ1) is 11.5. The topological polar surface area (TPSA) is 55.6 Å². The molecule has 1 aliphatic rings. The second-order valence-electron chi connectivity index (χ2n) is 3.17. The molecule has 1 aromatic rings. The Hall–Kier alpha value is -0.960. The Morgan fingerprint density at radius 1 is 1.56 bits per heavy atom. The third-order valence-corrected chi connectivity index (χ3v) is 4.18. The standard InChI is InChI=1S/C9H9FIN2O3/c10-7-2-1-3-8(9(7)13(14)15)12-4-5-16-11-6-12/h1-3H,4-6H2/q-1. The van der Waals surface area contributed by atoms with Gasteiger partial charge in [0.2, 0.25) is 0 Å². The third-order valence-electron chi connectivity index (χ3n) is 2.20. The predicted octanol–water partition coefficient (Wildman–Crippen LogP) is -1.47. The van der Waals surface area contributed by atoms with Crippen LogP contribution in [0.4, 0.5) is 15.8 Å². The van der Waals surface area contributed by atoms with E-state index >= 15 is 0 Å². The number of para-hydroxylation sites is 1. The third kappa shape index (κ3) is 2.24. The Labute approximate surface area is 102 Å². The van der Waals surface area contributed by atoms with Crippen LogP contribution in [0.25, 0.3) is 0 Å². The van der Waals surface area contributed by atoms with Gasteiger partial charge in [0.25, 0.3) is 0 Å². The van der Waals surface area contributed by atoms with Crippen molar-refractivity contribution in [1.29, 1.82) is 0 Å². The Morgan fingerprint density at radius 3 is 3.00 bits per heavy atom. The monoisotopic (exact) mass is 339 g/mol. The van der Waals surface area contributed by atoms with Crippen molar-refractivity contribution in [3.8, 4) is 0 Å². The number of nitro benzene ring substituents is 1. The van der Waals surface area contributed by atoms with Gasteiger partial charge in [-0.2, -0.15) is 0 Å². The van der Waals surface area contributed by atoms with E-state index in [0.717, 1.165) is 6.07 Å². The van der Waals surface area contributed by atoms with Gasteiger partial charge in [-0.05, 0) is 0 Å². The molecule has 1 aliphatic heterocycles. The van der Waals surface area contributed by atoms with Crippen molar-refractivity contribution in [3.63, 3.8) is 0 Å². The van der Waals surface area contributed by atoms with Gasteiger partial charge in [-0.3, -0.25) is 0 Å². The van der Waals surface area contributed by atoms with E-state index in [0.29, 0.717) is 23.4 Å². The minimum absolute atomic E-state index is 0.355. The van der Waals surface area contributed by atoms with Gasteiger partial charge in [0.1, 0.15) is 0 Å². The van der Waals surface area contributed by atoms with E-state index in [-0.39, 0.29) is 0 Å². The molecular formula is C9H9FIN2O3-. The van der Waals surface area contributed by atoms with Gasteiger partial charge in [-0.1, -0.05) is 0 Å². The summed E-state index contributed by atoms with van der Waals surface area (Å²) in [6.45, 7) is 1.13. The molecule has 88 valence electrons. The molecule has 1 saturated heterocycles. The zero-order valence-electron chi connectivity index (χ0n) is 8.23. The molecule has 1 aromatic carbocycles. The summed E-state index contributed by atoms with van der Waals surface area (Å²) in [6.07, 6.45) is 0. The van der Waals surface area contributed by atoms with Crippen LogP contribution in [-0.4, -0.2) is 22.6 Å². The van der Waals surface area contributed by atoms with Crippen molar-refractivity contribution in [1.82, 2.24) is 0 Å². The Kier molecular flexibility index (Phi) is 3.54. The van der Waals surface area contributed by atoms with Gasteiger partial charge in [0.15, 0.2) is 0 Å². The molecule has 0 saturated carbocycles. The van der Waals surface area contributed by atoms with Crippen molar-refractivity contribution in [3.05, 3.63) is 34.1 Å². The van der Waals surface area contributed by atoms with E-state index in [9.17, 15) is 14.5 Å². The molecule has 0 unspecified atom stereocenters. The summed E-state index contributed by atoms with van der Waals surface area (Å²) in [6, 6.07) is 4.18. The van der Waals surface area contributed by atoms with Gasteiger partial charge in [0, 0.05) is 0 Å². The first-order valence-electron chi connectivity index (χ1n) is 4.59. The molecule has 7 heteroatoms. The summed E-state index contributed by atoms with van der Waals surface area (Å²) in [5.41, 5.74) is -0.0820. The molecular weight excluding hydrogens is 330 g/mol. The summed E-state index contributed by atoms with van der Waals surface area (Å²) in [5.74, 6) is -0.785. The van der Waals surface area contributed by atoms with Gasteiger partial charge in [-0.25, -0.2) is 0 Å². The van der Waals surface area contributed by atoms with Gasteiger partial charge in [0.05, 0.1) is 0 Å². The Morgan fingerprint density at radius 2 is 2.38 bits per heavy atom. The van der Waals surface area contributed by atoms with Crippen LogP contribution in [-0.2, 0) is 3.07 Å². The van der Waals surface area contributed by atoms with Crippen LogP contribution in [0.1, 0.15) is 0 Å². The summed E-state index contributed by atoms with van der Waals surface area (Å²) in [4.78, 5) is 12.0. The van der Waals surface area contributed by atoms with E-state index in [2.05, 4.69) is 0 Å². The number of alkyl halides is 1. The van der Waals surface area contributed by atoms with Crippen LogP contribution in [0.2, 0.25) is 0 Å². The average molecular weight is 339 g/mol. The summed E-state index contributed by atoms with van der Waals surface area (Å²) in [5, 5.41) is 10.8. The summed E-state index contributed by atoms with van der Waals surface area (Å²) < 4.78 is 19.3. The van der Waals surface area contributed by atoms with E-state index in [1.807, 2.05) is 4.90 Å². The molecule has 0 aliphatic carbocycles. The molecule has 0 N–H and O–H groups in total. The molecule has 0 aromatic heterocycles. The number of rotatable bonds is 2. The fourth-order valence-electron chi connectivity index (χ4n) is 1.48. The van der Waals surface area contributed by atoms with Gasteiger partial charge >= 0.3 is 102 Å². The van der Waals surface area contributed by atoms with Crippen LogP contribution in [0.5, 0.6) is 0 Å². The number of halogens is 2. The molecule has 0 amide bonds. The maximum atomic E-state index is 13.4. The molecule has 1 fully saturated rings.